The lowest BCUT2D eigenvalue weighted by Gasteiger charge is -2.08. The minimum Gasteiger partial charge on any atom is -0.493 e. The first-order valence-electron chi connectivity index (χ1n) is 6.39. The van der Waals surface area contributed by atoms with Gasteiger partial charge >= 0.3 is 5.69 Å². The highest BCUT2D eigenvalue weighted by Gasteiger charge is 2.19. The van der Waals surface area contributed by atoms with Crippen LogP contribution in [0.4, 0.5) is 5.69 Å². The molecule has 0 radical (unpaired) electrons. The molecule has 19 heavy (non-hydrogen) atoms. The topological polar surface area (TPSA) is 73.6 Å². The first-order valence-corrected chi connectivity index (χ1v) is 6.39. The smallest absolute Gasteiger partial charge is 0.314 e. The van der Waals surface area contributed by atoms with Crippen molar-refractivity contribution in [2.75, 3.05) is 20.3 Å². The molecule has 0 saturated heterocycles. The Balaban J connectivity index is 1.81. The number of nitro benzene ring substituents is 1. The summed E-state index contributed by atoms with van der Waals surface area (Å²) in [5, 5.41) is 14.2. The Labute approximate surface area is 111 Å². The summed E-state index contributed by atoms with van der Waals surface area (Å²) in [6.45, 7) is 1.46. The van der Waals surface area contributed by atoms with Gasteiger partial charge in [-0.25, -0.2) is 0 Å². The van der Waals surface area contributed by atoms with Gasteiger partial charge < -0.3 is 14.8 Å². The highest BCUT2D eigenvalue weighted by molar-refractivity contribution is 5.50. The van der Waals surface area contributed by atoms with E-state index in [0.29, 0.717) is 18.4 Å². The summed E-state index contributed by atoms with van der Waals surface area (Å²) in [5.41, 5.74) is -0.0731. The van der Waals surface area contributed by atoms with Crippen molar-refractivity contribution in [3.05, 3.63) is 28.3 Å². The van der Waals surface area contributed by atoms with Crippen molar-refractivity contribution in [1.82, 2.24) is 5.32 Å². The van der Waals surface area contributed by atoms with Gasteiger partial charge in [0.1, 0.15) is 5.75 Å². The first kappa shape index (κ1) is 13.6. The Kier molecular flexibility index (Phi) is 4.57. The van der Waals surface area contributed by atoms with Crippen molar-refractivity contribution in [2.24, 2.45) is 0 Å². The molecule has 1 aliphatic carbocycles. The van der Waals surface area contributed by atoms with E-state index in [9.17, 15) is 10.1 Å². The largest absolute Gasteiger partial charge is 0.493 e. The van der Waals surface area contributed by atoms with Crippen LogP contribution in [0.3, 0.4) is 0 Å². The number of ether oxygens (including phenoxy) is 2. The summed E-state index contributed by atoms with van der Waals surface area (Å²) in [4.78, 5) is 10.4. The van der Waals surface area contributed by atoms with Crippen LogP contribution in [0.1, 0.15) is 19.3 Å². The summed E-state index contributed by atoms with van der Waals surface area (Å²) in [7, 11) is 1.41. The highest BCUT2D eigenvalue weighted by Crippen LogP contribution is 2.30. The van der Waals surface area contributed by atoms with E-state index >= 15 is 0 Å². The lowest BCUT2D eigenvalue weighted by atomic mass is 10.3. The lowest BCUT2D eigenvalue weighted by molar-refractivity contribution is -0.385. The van der Waals surface area contributed by atoms with Crippen LogP contribution in [0.15, 0.2) is 18.2 Å². The SMILES string of the molecule is COc1ccc(OCCCNC2CC2)cc1[N+](=O)[O-]. The van der Waals surface area contributed by atoms with Crippen molar-refractivity contribution in [3.8, 4) is 11.5 Å². The second-order valence-corrected chi connectivity index (χ2v) is 4.52. The maximum atomic E-state index is 10.9. The van der Waals surface area contributed by atoms with E-state index in [4.69, 9.17) is 9.47 Å². The fourth-order valence-corrected chi connectivity index (χ4v) is 1.76. The molecule has 1 saturated carbocycles. The van der Waals surface area contributed by atoms with Crippen LogP contribution in [-0.4, -0.2) is 31.2 Å². The van der Waals surface area contributed by atoms with E-state index in [1.807, 2.05) is 0 Å². The summed E-state index contributed by atoms with van der Waals surface area (Å²) in [6, 6.07) is 5.32. The number of nitro groups is 1. The molecule has 6 nitrogen and oxygen atoms in total. The van der Waals surface area contributed by atoms with Gasteiger partial charge in [-0.3, -0.25) is 10.1 Å². The minimum absolute atomic E-state index is 0.0731. The molecule has 1 aromatic carbocycles. The zero-order chi connectivity index (χ0) is 13.7. The zero-order valence-corrected chi connectivity index (χ0v) is 10.9. The van der Waals surface area contributed by atoms with Crippen molar-refractivity contribution < 1.29 is 14.4 Å². The van der Waals surface area contributed by atoms with Crippen molar-refractivity contribution in [2.45, 2.75) is 25.3 Å². The average Bonchev–Trinajstić information content (AvgIpc) is 3.22. The van der Waals surface area contributed by atoms with Crippen LogP contribution in [0, 0.1) is 10.1 Å². The van der Waals surface area contributed by atoms with Gasteiger partial charge in [0.25, 0.3) is 0 Å². The molecule has 104 valence electrons. The number of methoxy groups -OCH3 is 1. The predicted molar refractivity (Wildman–Crippen MR) is 70.8 cm³/mol. The van der Waals surface area contributed by atoms with E-state index in [2.05, 4.69) is 5.32 Å². The number of rotatable bonds is 8. The molecule has 1 aliphatic rings. The van der Waals surface area contributed by atoms with Gasteiger partial charge in [0, 0.05) is 6.04 Å². The normalized spacial score (nSPS) is 14.2. The maximum Gasteiger partial charge on any atom is 0.314 e. The first-order chi connectivity index (χ1) is 9.20. The molecule has 1 fully saturated rings. The second kappa shape index (κ2) is 6.38. The molecule has 0 spiro atoms. The Morgan fingerprint density at radius 2 is 2.26 bits per heavy atom. The van der Waals surface area contributed by atoms with Crippen LogP contribution in [0.25, 0.3) is 0 Å². The summed E-state index contributed by atoms with van der Waals surface area (Å²) in [6.07, 6.45) is 3.42. The van der Waals surface area contributed by atoms with Gasteiger partial charge in [0.05, 0.1) is 24.7 Å². The molecule has 1 N–H and O–H groups in total. The van der Waals surface area contributed by atoms with Gasteiger partial charge in [-0.1, -0.05) is 0 Å². The van der Waals surface area contributed by atoms with E-state index in [1.165, 1.54) is 26.0 Å². The average molecular weight is 266 g/mol. The minimum atomic E-state index is -0.472. The number of benzene rings is 1. The Bertz CT molecular complexity index is 446. The third kappa shape index (κ3) is 4.10. The van der Waals surface area contributed by atoms with Gasteiger partial charge in [-0.2, -0.15) is 0 Å². The van der Waals surface area contributed by atoms with Crippen molar-refractivity contribution in [3.63, 3.8) is 0 Å². The summed E-state index contributed by atoms with van der Waals surface area (Å²) >= 11 is 0. The van der Waals surface area contributed by atoms with Gasteiger partial charge in [0.15, 0.2) is 5.75 Å². The number of hydrogen-bond donors (Lipinski definition) is 1. The number of hydrogen-bond acceptors (Lipinski definition) is 5. The molecule has 0 aromatic heterocycles. The standard InChI is InChI=1S/C13H18N2O4/c1-18-13-6-5-11(9-12(13)15(16)17)19-8-2-7-14-10-3-4-10/h5-6,9-10,14H,2-4,7-8H2,1H3. The predicted octanol–water partition coefficient (Wildman–Crippen LogP) is 2.12. The summed E-state index contributed by atoms with van der Waals surface area (Å²) < 4.78 is 10.4. The van der Waals surface area contributed by atoms with Gasteiger partial charge in [-0.15, -0.1) is 0 Å². The van der Waals surface area contributed by atoms with Gasteiger partial charge in [0.2, 0.25) is 0 Å². The molecule has 0 aliphatic heterocycles. The van der Waals surface area contributed by atoms with E-state index in [1.54, 1.807) is 12.1 Å². The molecule has 6 heteroatoms. The monoisotopic (exact) mass is 266 g/mol. The Morgan fingerprint density at radius 3 is 2.89 bits per heavy atom. The summed E-state index contributed by atoms with van der Waals surface area (Å²) in [5.74, 6) is 0.742. The highest BCUT2D eigenvalue weighted by atomic mass is 16.6. The molecule has 2 rings (SSSR count). The quantitative estimate of drug-likeness (QED) is 0.443. The third-order valence-corrected chi connectivity index (χ3v) is 2.95. The fourth-order valence-electron chi connectivity index (χ4n) is 1.76. The molecular weight excluding hydrogens is 248 g/mol. The molecular formula is C13H18N2O4. The van der Waals surface area contributed by atoms with Crippen molar-refractivity contribution in [1.29, 1.82) is 0 Å². The fraction of sp³-hybridized carbons (Fsp3) is 0.538. The van der Waals surface area contributed by atoms with Crippen LogP contribution in [0.2, 0.25) is 0 Å². The molecule has 0 atom stereocenters. The Morgan fingerprint density at radius 1 is 1.47 bits per heavy atom. The van der Waals surface area contributed by atoms with Crippen LogP contribution in [-0.2, 0) is 0 Å². The molecule has 0 heterocycles. The molecule has 1 aromatic rings. The third-order valence-electron chi connectivity index (χ3n) is 2.95. The lowest BCUT2D eigenvalue weighted by Crippen LogP contribution is -2.19. The van der Waals surface area contributed by atoms with E-state index in [-0.39, 0.29) is 11.4 Å². The molecule has 0 unspecified atom stereocenters. The van der Waals surface area contributed by atoms with Crippen LogP contribution in [0.5, 0.6) is 11.5 Å². The number of nitrogens with zero attached hydrogens (tertiary/aromatic N) is 1. The second-order valence-electron chi connectivity index (χ2n) is 4.52. The van der Waals surface area contributed by atoms with E-state index in [0.717, 1.165) is 13.0 Å². The van der Waals surface area contributed by atoms with Crippen LogP contribution < -0.4 is 14.8 Å². The maximum absolute atomic E-state index is 10.9. The molecule has 0 amide bonds. The zero-order valence-electron chi connectivity index (χ0n) is 10.9. The molecule has 0 bridgehead atoms. The van der Waals surface area contributed by atoms with Gasteiger partial charge in [-0.05, 0) is 37.9 Å². The van der Waals surface area contributed by atoms with E-state index < -0.39 is 4.92 Å². The van der Waals surface area contributed by atoms with Crippen LogP contribution >= 0.6 is 0 Å². The Hall–Kier alpha value is -1.82. The van der Waals surface area contributed by atoms with Crippen molar-refractivity contribution >= 4 is 5.69 Å². The number of nitrogens with one attached hydrogen (secondary N) is 1.